The zero-order chi connectivity index (χ0) is 17.9. The van der Waals surface area contributed by atoms with Gasteiger partial charge in [0.05, 0.1) is 12.7 Å². The topological polar surface area (TPSA) is 58.6 Å². The second kappa shape index (κ2) is 8.01. The van der Waals surface area contributed by atoms with Gasteiger partial charge in [0, 0.05) is 36.2 Å². The van der Waals surface area contributed by atoms with E-state index in [1.165, 1.54) is 7.11 Å². The van der Waals surface area contributed by atoms with Crippen molar-refractivity contribution in [2.45, 2.75) is 51.6 Å². The van der Waals surface area contributed by atoms with E-state index in [2.05, 4.69) is 33.2 Å². The quantitative estimate of drug-likeness (QED) is 0.791. The Balaban J connectivity index is 2.16. The van der Waals surface area contributed by atoms with Gasteiger partial charge in [-0.2, -0.15) is 0 Å². The van der Waals surface area contributed by atoms with Gasteiger partial charge in [0.15, 0.2) is 0 Å². The largest absolute Gasteiger partial charge is 0.465 e. The Morgan fingerprint density at radius 3 is 2.42 bits per heavy atom. The maximum Gasteiger partial charge on any atom is 0.338 e. The summed E-state index contributed by atoms with van der Waals surface area (Å²) >= 11 is 3.49. The molecule has 1 fully saturated rings. The van der Waals surface area contributed by atoms with Crippen LogP contribution in [0.15, 0.2) is 16.6 Å². The highest BCUT2D eigenvalue weighted by Gasteiger charge is 2.26. The van der Waals surface area contributed by atoms with E-state index in [0.717, 1.165) is 41.4 Å². The molecule has 1 aliphatic rings. The van der Waals surface area contributed by atoms with Crippen LogP contribution in [0.5, 0.6) is 0 Å². The number of hydrogen-bond acceptors (Lipinski definition) is 4. The van der Waals surface area contributed by atoms with Gasteiger partial charge in [-0.05, 0) is 50.3 Å². The summed E-state index contributed by atoms with van der Waals surface area (Å²) in [5, 5.41) is 3.01. The SMILES string of the molecule is COC(=O)c1cc(Br)cc(N(C)C2CCC(NC(C)=O)CC2)c1C. The first kappa shape index (κ1) is 18.8. The number of halogens is 1. The zero-order valence-corrected chi connectivity index (χ0v) is 16.3. The summed E-state index contributed by atoms with van der Waals surface area (Å²) in [7, 11) is 3.47. The van der Waals surface area contributed by atoms with E-state index >= 15 is 0 Å². The van der Waals surface area contributed by atoms with Crippen molar-refractivity contribution in [3.63, 3.8) is 0 Å². The van der Waals surface area contributed by atoms with Crippen LogP contribution in [0, 0.1) is 6.92 Å². The molecule has 1 amide bonds. The molecule has 0 radical (unpaired) electrons. The minimum absolute atomic E-state index is 0.0392. The van der Waals surface area contributed by atoms with Gasteiger partial charge in [0.1, 0.15) is 0 Å². The van der Waals surface area contributed by atoms with Crippen molar-refractivity contribution in [2.75, 3.05) is 19.1 Å². The highest BCUT2D eigenvalue weighted by atomic mass is 79.9. The number of ether oxygens (including phenoxy) is 1. The Hall–Kier alpha value is -1.56. The third kappa shape index (κ3) is 4.29. The number of hydrogen-bond donors (Lipinski definition) is 1. The number of nitrogens with one attached hydrogen (secondary N) is 1. The highest BCUT2D eigenvalue weighted by Crippen LogP contribution is 2.32. The van der Waals surface area contributed by atoms with Crippen LogP contribution in [0.2, 0.25) is 0 Å². The molecule has 0 aromatic heterocycles. The molecule has 2 rings (SSSR count). The van der Waals surface area contributed by atoms with Gasteiger partial charge in [0.2, 0.25) is 5.91 Å². The molecule has 0 bridgehead atoms. The lowest BCUT2D eigenvalue weighted by molar-refractivity contribution is -0.119. The number of esters is 1. The first-order valence-electron chi connectivity index (χ1n) is 8.21. The van der Waals surface area contributed by atoms with Crippen molar-refractivity contribution in [3.8, 4) is 0 Å². The van der Waals surface area contributed by atoms with Crippen LogP contribution in [-0.2, 0) is 9.53 Å². The molecule has 5 nitrogen and oxygen atoms in total. The van der Waals surface area contributed by atoms with Gasteiger partial charge in [-0.25, -0.2) is 4.79 Å². The van der Waals surface area contributed by atoms with Crippen molar-refractivity contribution in [2.24, 2.45) is 0 Å². The lowest BCUT2D eigenvalue weighted by atomic mass is 9.89. The second-order valence-electron chi connectivity index (χ2n) is 6.41. The molecule has 1 aliphatic carbocycles. The van der Waals surface area contributed by atoms with Gasteiger partial charge in [-0.3, -0.25) is 4.79 Å². The molecule has 0 atom stereocenters. The number of amides is 1. The number of rotatable bonds is 4. The molecule has 1 aromatic carbocycles. The predicted octanol–water partition coefficient (Wildman–Crippen LogP) is 3.43. The van der Waals surface area contributed by atoms with Gasteiger partial charge < -0.3 is 15.0 Å². The standard InChI is InChI=1S/C18H25BrN2O3/c1-11-16(18(23)24-4)9-13(19)10-17(11)21(3)15-7-5-14(6-8-15)20-12(2)22/h9-10,14-15H,5-8H2,1-4H3,(H,20,22). The fourth-order valence-corrected chi connectivity index (χ4v) is 3.89. The molecule has 1 aromatic rings. The average Bonchev–Trinajstić information content (AvgIpc) is 2.55. The normalized spacial score (nSPS) is 20.4. The molecule has 1 N–H and O–H groups in total. The Bertz CT molecular complexity index is 625. The van der Waals surface area contributed by atoms with Crippen molar-refractivity contribution in [3.05, 3.63) is 27.7 Å². The third-order valence-electron chi connectivity index (χ3n) is 4.78. The van der Waals surface area contributed by atoms with Crippen LogP contribution < -0.4 is 10.2 Å². The molecule has 1 saturated carbocycles. The summed E-state index contributed by atoms with van der Waals surface area (Å²) in [4.78, 5) is 25.4. The summed E-state index contributed by atoms with van der Waals surface area (Å²) in [6, 6.07) is 4.52. The lowest BCUT2D eigenvalue weighted by Crippen LogP contribution is -2.42. The lowest BCUT2D eigenvalue weighted by Gasteiger charge is -2.37. The number of benzene rings is 1. The minimum atomic E-state index is -0.321. The monoisotopic (exact) mass is 396 g/mol. The summed E-state index contributed by atoms with van der Waals surface area (Å²) < 4.78 is 5.75. The molecule has 6 heteroatoms. The molecule has 0 heterocycles. The van der Waals surface area contributed by atoms with Crippen LogP contribution in [0.4, 0.5) is 5.69 Å². The predicted molar refractivity (Wildman–Crippen MR) is 98.5 cm³/mol. The van der Waals surface area contributed by atoms with Gasteiger partial charge >= 0.3 is 5.97 Å². The number of methoxy groups -OCH3 is 1. The molecular weight excluding hydrogens is 372 g/mol. The summed E-state index contributed by atoms with van der Waals surface area (Å²) in [5.41, 5.74) is 2.55. The summed E-state index contributed by atoms with van der Waals surface area (Å²) in [5.74, 6) is -0.282. The van der Waals surface area contributed by atoms with Gasteiger partial charge in [-0.15, -0.1) is 0 Å². The van der Waals surface area contributed by atoms with Crippen LogP contribution in [0.3, 0.4) is 0 Å². The van der Waals surface area contributed by atoms with Gasteiger partial charge in [0.25, 0.3) is 0 Å². The first-order chi connectivity index (χ1) is 11.3. The molecule has 132 valence electrons. The van der Waals surface area contributed by atoms with Crippen molar-refractivity contribution in [1.29, 1.82) is 0 Å². The highest BCUT2D eigenvalue weighted by molar-refractivity contribution is 9.10. The smallest absolute Gasteiger partial charge is 0.338 e. The van der Waals surface area contributed by atoms with Crippen LogP contribution in [-0.4, -0.2) is 38.1 Å². The Labute approximate surface area is 151 Å². The third-order valence-corrected chi connectivity index (χ3v) is 5.24. The first-order valence-corrected chi connectivity index (χ1v) is 9.01. The van der Waals surface area contributed by atoms with Crippen molar-refractivity contribution < 1.29 is 14.3 Å². The van der Waals surface area contributed by atoms with E-state index in [-0.39, 0.29) is 17.9 Å². The molecule has 0 unspecified atom stereocenters. The van der Waals surface area contributed by atoms with Crippen LogP contribution in [0.25, 0.3) is 0 Å². The van der Waals surface area contributed by atoms with Crippen LogP contribution >= 0.6 is 15.9 Å². The van der Waals surface area contributed by atoms with Crippen molar-refractivity contribution >= 4 is 33.5 Å². The van der Waals surface area contributed by atoms with Gasteiger partial charge in [-0.1, -0.05) is 15.9 Å². The zero-order valence-electron chi connectivity index (χ0n) is 14.7. The summed E-state index contributed by atoms with van der Waals surface area (Å²) in [6.07, 6.45) is 3.99. The van der Waals surface area contributed by atoms with E-state index in [9.17, 15) is 9.59 Å². The Morgan fingerprint density at radius 1 is 1.25 bits per heavy atom. The van der Waals surface area contributed by atoms with E-state index in [1.807, 2.05) is 13.0 Å². The summed E-state index contributed by atoms with van der Waals surface area (Å²) in [6.45, 7) is 3.52. The van der Waals surface area contributed by atoms with Crippen LogP contribution in [0.1, 0.15) is 48.5 Å². The molecule has 0 aliphatic heterocycles. The maximum atomic E-state index is 12.0. The number of carbonyl (C=O) groups is 2. The molecular formula is C18H25BrN2O3. The van der Waals surface area contributed by atoms with E-state index in [1.54, 1.807) is 13.0 Å². The van der Waals surface area contributed by atoms with E-state index < -0.39 is 0 Å². The Morgan fingerprint density at radius 2 is 1.88 bits per heavy atom. The second-order valence-corrected chi connectivity index (χ2v) is 7.32. The fraction of sp³-hybridized carbons (Fsp3) is 0.556. The number of anilines is 1. The molecule has 24 heavy (non-hydrogen) atoms. The minimum Gasteiger partial charge on any atom is -0.465 e. The fourth-order valence-electron chi connectivity index (χ4n) is 3.44. The maximum absolute atomic E-state index is 12.0. The molecule has 0 saturated heterocycles. The van der Waals surface area contributed by atoms with E-state index in [0.29, 0.717) is 11.6 Å². The number of carbonyl (C=O) groups excluding carboxylic acids is 2. The average molecular weight is 397 g/mol. The Kier molecular flexibility index (Phi) is 6.27. The number of nitrogens with zero attached hydrogens (tertiary/aromatic N) is 1. The molecule has 0 spiro atoms. The van der Waals surface area contributed by atoms with E-state index in [4.69, 9.17) is 4.74 Å². The van der Waals surface area contributed by atoms with Crippen molar-refractivity contribution in [1.82, 2.24) is 5.32 Å².